The Morgan fingerprint density at radius 3 is 2.17 bits per heavy atom. The summed E-state index contributed by atoms with van der Waals surface area (Å²) in [4.78, 5) is 2.61. The fourth-order valence-corrected chi connectivity index (χ4v) is 3.49. The van der Waals surface area contributed by atoms with E-state index in [-0.39, 0.29) is 0 Å². The molecule has 0 aromatic heterocycles. The number of hydrazine groups is 1. The van der Waals surface area contributed by atoms with Gasteiger partial charge >= 0.3 is 0 Å². The Kier molecular flexibility index (Phi) is 5.46. The lowest BCUT2D eigenvalue weighted by Crippen LogP contribution is -2.57. The van der Waals surface area contributed by atoms with Gasteiger partial charge in [-0.2, -0.15) is 0 Å². The predicted octanol–water partition coefficient (Wildman–Crippen LogP) is 2.63. The second-order valence-corrected chi connectivity index (χ2v) is 6.28. The molecule has 0 aromatic carbocycles. The summed E-state index contributed by atoms with van der Waals surface area (Å²) >= 11 is 0. The Morgan fingerprint density at radius 2 is 1.61 bits per heavy atom. The van der Waals surface area contributed by atoms with Crippen LogP contribution in [0.4, 0.5) is 0 Å². The van der Waals surface area contributed by atoms with Crippen molar-refractivity contribution in [1.29, 1.82) is 0 Å². The van der Waals surface area contributed by atoms with Crippen LogP contribution in [0.3, 0.4) is 0 Å². The smallest absolute Gasteiger partial charge is 0.0239 e. The normalized spacial score (nSPS) is 32.8. The second kappa shape index (κ2) is 6.88. The molecule has 2 atom stereocenters. The zero-order valence-electron chi connectivity index (χ0n) is 12.5. The first-order valence-electron chi connectivity index (χ1n) is 7.97. The van der Waals surface area contributed by atoms with Crippen LogP contribution >= 0.6 is 0 Å². The number of nitrogens with one attached hydrogen (secondary N) is 1. The summed E-state index contributed by atoms with van der Waals surface area (Å²) in [6.45, 7) is 10.9. The molecule has 1 N–H and O–H groups in total. The lowest BCUT2D eigenvalue weighted by Gasteiger charge is -2.43. The first-order chi connectivity index (χ1) is 8.70. The van der Waals surface area contributed by atoms with Crippen molar-refractivity contribution < 1.29 is 0 Å². The number of piperidine rings is 2. The van der Waals surface area contributed by atoms with Crippen LogP contribution in [0.5, 0.6) is 0 Å². The number of nitrogens with zero attached hydrogens (tertiary/aromatic N) is 2. The van der Waals surface area contributed by atoms with E-state index in [1.807, 2.05) is 0 Å². The van der Waals surface area contributed by atoms with E-state index in [1.54, 1.807) is 0 Å². The maximum absolute atomic E-state index is 3.83. The molecule has 3 heteroatoms. The minimum Gasteiger partial charge on any atom is -0.303 e. The minimum atomic E-state index is 0.709. The predicted molar refractivity (Wildman–Crippen MR) is 77.5 cm³/mol. The van der Waals surface area contributed by atoms with Crippen molar-refractivity contribution in [1.82, 2.24) is 15.3 Å². The van der Waals surface area contributed by atoms with Crippen molar-refractivity contribution in [3.8, 4) is 0 Å². The van der Waals surface area contributed by atoms with Gasteiger partial charge in [0, 0.05) is 18.1 Å². The van der Waals surface area contributed by atoms with E-state index in [0.717, 1.165) is 0 Å². The molecule has 2 heterocycles. The van der Waals surface area contributed by atoms with Crippen LogP contribution in [0.2, 0.25) is 0 Å². The third-order valence-corrected chi connectivity index (χ3v) is 4.65. The van der Waals surface area contributed by atoms with Crippen LogP contribution in [-0.2, 0) is 0 Å². The molecule has 2 unspecified atom stereocenters. The molecule has 2 aliphatic rings. The molecule has 0 amide bonds. The van der Waals surface area contributed by atoms with Crippen molar-refractivity contribution >= 4 is 0 Å². The molecule has 3 nitrogen and oxygen atoms in total. The van der Waals surface area contributed by atoms with Gasteiger partial charge in [0.25, 0.3) is 0 Å². The summed E-state index contributed by atoms with van der Waals surface area (Å²) in [5.74, 6) is 0. The molecule has 2 fully saturated rings. The Labute approximate surface area is 113 Å². The van der Waals surface area contributed by atoms with E-state index >= 15 is 0 Å². The van der Waals surface area contributed by atoms with Crippen LogP contribution in [0.1, 0.15) is 59.3 Å². The standard InChI is InChI=1S/C15H31N3/c1-4-10-17-11-8-15(9-12-17)16-18-13(2)6-5-7-14(18)3/h13-16H,4-12H2,1-3H3. The first kappa shape index (κ1) is 14.3. The third kappa shape index (κ3) is 3.69. The van der Waals surface area contributed by atoms with Crippen LogP contribution in [-0.4, -0.2) is 47.7 Å². The van der Waals surface area contributed by atoms with Crippen molar-refractivity contribution in [2.24, 2.45) is 0 Å². The van der Waals surface area contributed by atoms with Crippen LogP contribution in [0.25, 0.3) is 0 Å². The average molecular weight is 253 g/mol. The van der Waals surface area contributed by atoms with Gasteiger partial charge in [-0.05, 0) is 65.6 Å². The first-order valence-corrected chi connectivity index (χ1v) is 7.97. The highest BCUT2D eigenvalue weighted by Crippen LogP contribution is 2.22. The molecule has 0 aliphatic carbocycles. The van der Waals surface area contributed by atoms with Crippen molar-refractivity contribution in [2.75, 3.05) is 19.6 Å². The Hall–Kier alpha value is -0.120. The number of hydrogen-bond acceptors (Lipinski definition) is 3. The largest absolute Gasteiger partial charge is 0.303 e. The Morgan fingerprint density at radius 1 is 1.00 bits per heavy atom. The average Bonchev–Trinajstić information content (AvgIpc) is 2.36. The highest BCUT2D eigenvalue weighted by atomic mass is 15.5. The van der Waals surface area contributed by atoms with Crippen molar-refractivity contribution in [3.63, 3.8) is 0 Å². The topological polar surface area (TPSA) is 18.5 Å². The quantitative estimate of drug-likeness (QED) is 0.831. The summed E-state index contributed by atoms with van der Waals surface area (Å²) in [6, 6.07) is 2.13. The molecule has 0 radical (unpaired) electrons. The van der Waals surface area contributed by atoms with Gasteiger partial charge in [0.1, 0.15) is 0 Å². The van der Waals surface area contributed by atoms with E-state index in [9.17, 15) is 0 Å². The molecular weight excluding hydrogens is 222 g/mol. The molecule has 2 saturated heterocycles. The van der Waals surface area contributed by atoms with Crippen molar-refractivity contribution in [3.05, 3.63) is 0 Å². The number of rotatable bonds is 4. The molecule has 0 spiro atoms. The van der Waals surface area contributed by atoms with Crippen LogP contribution < -0.4 is 5.43 Å². The summed E-state index contributed by atoms with van der Waals surface area (Å²) in [5, 5.41) is 2.55. The fourth-order valence-electron chi connectivity index (χ4n) is 3.49. The van der Waals surface area contributed by atoms with E-state index < -0.39 is 0 Å². The number of hydrogen-bond donors (Lipinski definition) is 1. The third-order valence-electron chi connectivity index (χ3n) is 4.65. The van der Waals surface area contributed by atoms with Gasteiger partial charge in [-0.3, -0.25) is 5.43 Å². The van der Waals surface area contributed by atoms with Crippen LogP contribution in [0, 0.1) is 0 Å². The Balaban J connectivity index is 1.76. The van der Waals surface area contributed by atoms with Gasteiger partial charge in [-0.15, -0.1) is 0 Å². The highest BCUT2D eigenvalue weighted by molar-refractivity contribution is 4.82. The molecule has 106 valence electrons. The van der Waals surface area contributed by atoms with Gasteiger partial charge in [0.2, 0.25) is 0 Å². The lowest BCUT2D eigenvalue weighted by molar-refractivity contribution is 0.0163. The van der Waals surface area contributed by atoms with Crippen molar-refractivity contribution in [2.45, 2.75) is 77.4 Å². The molecule has 18 heavy (non-hydrogen) atoms. The van der Waals surface area contributed by atoms with E-state index in [4.69, 9.17) is 0 Å². The summed E-state index contributed by atoms with van der Waals surface area (Å²) in [5.41, 5.74) is 3.83. The molecular formula is C15H31N3. The fraction of sp³-hybridized carbons (Fsp3) is 1.00. The van der Waals surface area contributed by atoms with Gasteiger partial charge in [0.15, 0.2) is 0 Å². The monoisotopic (exact) mass is 253 g/mol. The van der Waals surface area contributed by atoms with E-state index in [0.29, 0.717) is 18.1 Å². The summed E-state index contributed by atoms with van der Waals surface area (Å²) in [7, 11) is 0. The Bertz CT molecular complexity index is 226. The van der Waals surface area contributed by atoms with Gasteiger partial charge in [-0.1, -0.05) is 13.3 Å². The molecule has 0 saturated carbocycles. The lowest BCUT2D eigenvalue weighted by atomic mass is 9.99. The van der Waals surface area contributed by atoms with E-state index in [2.05, 4.69) is 36.1 Å². The van der Waals surface area contributed by atoms with Crippen LogP contribution in [0.15, 0.2) is 0 Å². The summed E-state index contributed by atoms with van der Waals surface area (Å²) < 4.78 is 0. The van der Waals surface area contributed by atoms with E-state index in [1.165, 1.54) is 58.2 Å². The highest BCUT2D eigenvalue weighted by Gasteiger charge is 2.28. The zero-order chi connectivity index (χ0) is 13.0. The molecule has 0 aromatic rings. The maximum atomic E-state index is 3.83. The molecule has 2 rings (SSSR count). The second-order valence-electron chi connectivity index (χ2n) is 6.28. The number of likely N-dealkylation sites (tertiary alicyclic amines) is 1. The van der Waals surface area contributed by atoms with Gasteiger partial charge in [0.05, 0.1) is 0 Å². The zero-order valence-corrected chi connectivity index (χ0v) is 12.5. The van der Waals surface area contributed by atoms with Gasteiger partial charge < -0.3 is 4.90 Å². The SMILES string of the molecule is CCCN1CCC(NN2C(C)CCCC2C)CC1. The van der Waals surface area contributed by atoms with Gasteiger partial charge in [-0.25, -0.2) is 5.01 Å². The molecule has 0 bridgehead atoms. The summed E-state index contributed by atoms with van der Waals surface area (Å²) in [6.07, 6.45) is 8.03. The maximum Gasteiger partial charge on any atom is 0.0239 e. The minimum absolute atomic E-state index is 0.709. The molecule has 2 aliphatic heterocycles.